The van der Waals surface area contributed by atoms with Crippen LogP contribution in [0.25, 0.3) is 16.4 Å². The summed E-state index contributed by atoms with van der Waals surface area (Å²) in [7, 11) is 0. The predicted molar refractivity (Wildman–Crippen MR) is 77.1 cm³/mol. The second-order valence-corrected chi connectivity index (χ2v) is 4.99. The smallest absolute Gasteiger partial charge is 0.341 e. The standard InChI is InChI=1S/C16H15NO3/c1-10(2)20-16(19)15-12-7-6-11(18)9-14(12)17-8-4-3-5-13(15)17/h3-10,18H,1-2H3. The molecule has 3 aromatic rings. The normalized spacial score (nSPS) is 11.3. The van der Waals surface area contributed by atoms with E-state index in [2.05, 4.69) is 0 Å². The fourth-order valence-corrected chi connectivity index (χ4v) is 2.41. The molecule has 102 valence electrons. The van der Waals surface area contributed by atoms with Gasteiger partial charge >= 0.3 is 5.97 Å². The van der Waals surface area contributed by atoms with Crippen molar-refractivity contribution in [3.63, 3.8) is 0 Å². The quantitative estimate of drug-likeness (QED) is 0.726. The highest BCUT2D eigenvalue weighted by Gasteiger charge is 2.20. The van der Waals surface area contributed by atoms with Gasteiger partial charge in [-0.3, -0.25) is 0 Å². The molecule has 1 aromatic carbocycles. The number of nitrogens with zero attached hydrogens (tertiary/aromatic N) is 1. The topological polar surface area (TPSA) is 50.9 Å². The van der Waals surface area contributed by atoms with Crippen LogP contribution in [0.1, 0.15) is 24.2 Å². The van der Waals surface area contributed by atoms with Gasteiger partial charge in [-0.05, 0) is 38.1 Å². The Labute approximate surface area is 116 Å². The molecule has 2 heterocycles. The largest absolute Gasteiger partial charge is 0.508 e. The number of phenolic OH excluding ortho intramolecular Hbond substituents is 1. The molecule has 0 aliphatic rings. The minimum atomic E-state index is -0.343. The van der Waals surface area contributed by atoms with E-state index in [1.165, 1.54) is 0 Å². The third kappa shape index (κ3) is 1.90. The van der Waals surface area contributed by atoms with Crippen molar-refractivity contribution in [1.29, 1.82) is 0 Å². The van der Waals surface area contributed by atoms with Crippen LogP contribution in [0, 0.1) is 0 Å². The molecule has 20 heavy (non-hydrogen) atoms. The van der Waals surface area contributed by atoms with E-state index < -0.39 is 0 Å². The molecule has 3 rings (SSSR count). The molecular formula is C16H15NO3. The second kappa shape index (κ2) is 4.56. The van der Waals surface area contributed by atoms with Crippen molar-refractivity contribution in [3.8, 4) is 5.75 Å². The third-order valence-electron chi connectivity index (χ3n) is 3.17. The Hall–Kier alpha value is -2.49. The van der Waals surface area contributed by atoms with Crippen LogP contribution >= 0.6 is 0 Å². The molecular weight excluding hydrogens is 254 g/mol. The van der Waals surface area contributed by atoms with Gasteiger partial charge < -0.3 is 14.2 Å². The van der Waals surface area contributed by atoms with Gasteiger partial charge in [0.2, 0.25) is 0 Å². The van der Waals surface area contributed by atoms with E-state index >= 15 is 0 Å². The first kappa shape index (κ1) is 12.5. The number of hydrogen-bond donors (Lipinski definition) is 1. The molecule has 0 atom stereocenters. The zero-order valence-electron chi connectivity index (χ0n) is 11.3. The number of phenols is 1. The van der Waals surface area contributed by atoms with Gasteiger partial charge in [0.25, 0.3) is 0 Å². The van der Waals surface area contributed by atoms with E-state index in [0.29, 0.717) is 5.56 Å². The van der Waals surface area contributed by atoms with E-state index in [1.54, 1.807) is 18.2 Å². The van der Waals surface area contributed by atoms with E-state index in [9.17, 15) is 9.90 Å². The van der Waals surface area contributed by atoms with E-state index in [4.69, 9.17) is 4.74 Å². The van der Waals surface area contributed by atoms with Crippen molar-refractivity contribution in [2.24, 2.45) is 0 Å². The van der Waals surface area contributed by atoms with Crippen molar-refractivity contribution in [3.05, 3.63) is 48.2 Å². The summed E-state index contributed by atoms with van der Waals surface area (Å²) in [6.45, 7) is 3.65. The van der Waals surface area contributed by atoms with E-state index in [1.807, 2.05) is 42.6 Å². The number of fused-ring (bicyclic) bond motifs is 3. The van der Waals surface area contributed by atoms with Gasteiger partial charge in [0, 0.05) is 17.6 Å². The molecule has 0 spiro atoms. The van der Waals surface area contributed by atoms with Crippen molar-refractivity contribution < 1.29 is 14.6 Å². The lowest BCUT2D eigenvalue weighted by Crippen LogP contribution is -2.11. The number of aromatic hydroxyl groups is 1. The summed E-state index contributed by atoms with van der Waals surface area (Å²) in [4.78, 5) is 12.3. The molecule has 4 nitrogen and oxygen atoms in total. The van der Waals surface area contributed by atoms with Gasteiger partial charge in [0.1, 0.15) is 5.75 Å². The summed E-state index contributed by atoms with van der Waals surface area (Å²) in [6, 6.07) is 10.6. The van der Waals surface area contributed by atoms with Gasteiger partial charge in [0.05, 0.1) is 22.7 Å². The first-order chi connectivity index (χ1) is 9.58. The van der Waals surface area contributed by atoms with Gasteiger partial charge in [-0.2, -0.15) is 0 Å². The summed E-state index contributed by atoms with van der Waals surface area (Å²) in [5.41, 5.74) is 2.10. The van der Waals surface area contributed by atoms with Crippen molar-refractivity contribution in [2.45, 2.75) is 20.0 Å². The fourth-order valence-electron chi connectivity index (χ4n) is 2.41. The highest BCUT2D eigenvalue weighted by molar-refractivity contribution is 6.11. The first-order valence-corrected chi connectivity index (χ1v) is 6.50. The average Bonchev–Trinajstić information content (AvgIpc) is 2.72. The Balaban J connectivity index is 2.35. The van der Waals surface area contributed by atoms with Crippen LogP contribution in [0.15, 0.2) is 42.6 Å². The summed E-state index contributed by atoms with van der Waals surface area (Å²) in [6.07, 6.45) is 1.69. The van der Waals surface area contributed by atoms with Crippen LogP contribution in [0.2, 0.25) is 0 Å². The monoisotopic (exact) mass is 269 g/mol. The summed E-state index contributed by atoms with van der Waals surface area (Å²) >= 11 is 0. The Bertz CT molecular complexity index is 802. The van der Waals surface area contributed by atoms with Gasteiger partial charge in [0.15, 0.2) is 0 Å². The molecule has 0 aliphatic carbocycles. The number of hydrogen-bond acceptors (Lipinski definition) is 3. The van der Waals surface area contributed by atoms with Crippen LogP contribution in [0.4, 0.5) is 0 Å². The minimum Gasteiger partial charge on any atom is -0.508 e. The maximum absolute atomic E-state index is 12.3. The highest BCUT2D eigenvalue weighted by atomic mass is 16.5. The Morgan fingerprint density at radius 1 is 1.20 bits per heavy atom. The SMILES string of the molecule is CC(C)OC(=O)c1c2ccc(O)cc2n2ccccc12. The molecule has 4 heteroatoms. The van der Waals surface area contributed by atoms with Gasteiger partial charge in [-0.1, -0.05) is 6.07 Å². The molecule has 0 bridgehead atoms. The second-order valence-electron chi connectivity index (χ2n) is 4.99. The Morgan fingerprint density at radius 2 is 2.00 bits per heavy atom. The molecule has 0 fully saturated rings. The molecule has 2 aromatic heterocycles. The van der Waals surface area contributed by atoms with Crippen LogP contribution < -0.4 is 0 Å². The van der Waals surface area contributed by atoms with Crippen LogP contribution in [-0.4, -0.2) is 21.6 Å². The Kier molecular flexibility index (Phi) is 2.86. The van der Waals surface area contributed by atoms with Crippen LogP contribution in [-0.2, 0) is 4.74 Å². The number of carbonyl (C=O) groups is 1. The van der Waals surface area contributed by atoms with Crippen LogP contribution in [0.5, 0.6) is 5.75 Å². The van der Waals surface area contributed by atoms with Gasteiger partial charge in [-0.25, -0.2) is 4.79 Å². The molecule has 0 radical (unpaired) electrons. The van der Waals surface area contributed by atoms with Gasteiger partial charge in [-0.15, -0.1) is 0 Å². The van der Waals surface area contributed by atoms with E-state index in [-0.39, 0.29) is 17.8 Å². The number of rotatable bonds is 2. The molecule has 0 saturated carbocycles. The molecule has 1 N–H and O–H groups in total. The molecule has 0 amide bonds. The third-order valence-corrected chi connectivity index (χ3v) is 3.17. The number of ether oxygens (including phenoxy) is 1. The maximum atomic E-state index is 12.3. The summed E-state index contributed by atoms with van der Waals surface area (Å²) in [5, 5.41) is 10.4. The Morgan fingerprint density at radius 3 is 2.75 bits per heavy atom. The molecule has 0 unspecified atom stereocenters. The summed E-state index contributed by atoms with van der Waals surface area (Å²) in [5.74, 6) is -0.172. The number of benzene rings is 1. The van der Waals surface area contributed by atoms with Crippen molar-refractivity contribution in [1.82, 2.24) is 4.40 Å². The zero-order chi connectivity index (χ0) is 14.3. The molecule has 0 aliphatic heterocycles. The predicted octanol–water partition coefficient (Wildman–Crippen LogP) is 3.36. The lowest BCUT2D eigenvalue weighted by molar-refractivity contribution is 0.0382. The number of aromatic nitrogens is 1. The minimum absolute atomic E-state index is 0.171. The van der Waals surface area contributed by atoms with Crippen molar-refractivity contribution in [2.75, 3.05) is 0 Å². The first-order valence-electron chi connectivity index (χ1n) is 6.50. The lowest BCUT2D eigenvalue weighted by Gasteiger charge is -2.07. The maximum Gasteiger partial charge on any atom is 0.341 e. The summed E-state index contributed by atoms with van der Waals surface area (Å²) < 4.78 is 7.21. The molecule has 0 saturated heterocycles. The average molecular weight is 269 g/mol. The van der Waals surface area contributed by atoms with E-state index in [0.717, 1.165) is 16.4 Å². The zero-order valence-corrected chi connectivity index (χ0v) is 11.3. The number of carbonyl (C=O) groups excluding carboxylic acids is 1. The van der Waals surface area contributed by atoms with Crippen LogP contribution in [0.3, 0.4) is 0 Å². The lowest BCUT2D eigenvalue weighted by atomic mass is 10.1. The highest BCUT2D eigenvalue weighted by Crippen LogP contribution is 2.30. The number of pyridine rings is 1. The van der Waals surface area contributed by atoms with Crippen molar-refractivity contribution >= 4 is 22.4 Å². The number of esters is 1. The fraction of sp³-hybridized carbons (Fsp3) is 0.188.